The smallest absolute Gasteiger partial charge is 0.311 e. The lowest BCUT2D eigenvalue weighted by Crippen LogP contribution is -1.99. The van der Waals surface area contributed by atoms with Gasteiger partial charge in [-0.15, -0.1) is 0 Å². The summed E-state index contributed by atoms with van der Waals surface area (Å²) in [6.07, 6.45) is 0. The average Bonchev–Trinajstić information content (AvgIpc) is 2.37. The van der Waals surface area contributed by atoms with Crippen molar-refractivity contribution < 1.29 is 9.66 Å². The van der Waals surface area contributed by atoms with Crippen molar-refractivity contribution in [2.45, 2.75) is 6.61 Å². The molecule has 4 nitrogen and oxygen atoms in total. The van der Waals surface area contributed by atoms with E-state index in [1.807, 2.05) is 24.3 Å². The monoisotopic (exact) mass is 341 g/mol. The van der Waals surface area contributed by atoms with Crippen molar-refractivity contribution in [1.82, 2.24) is 0 Å². The van der Waals surface area contributed by atoms with Crippen LogP contribution < -0.4 is 4.74 Å². The van der Waals surface area contributed by atoms with Crippen LogP contribution in [0.1, 0.15) is 5.56 Å². The summed E-state index contributed by atoms with van der Waals surface area (Å²) in [4.78, 5) is 10.4. The van der Waals surface area contributed by atoms with Crippen LogP contribution in [0.3, 0.4) is 0 Å². The average molecular weight is 343 g/mol. The molecule has 0 N–H and O–H groups in total. The highest BCUT2D eigenvalue weighted by Crippen LogP contribution is 2.31. The molecular weight excluding hydrogens is 334 g/mol. The Morgan fingerprint density at radius 1 is 1.26 bits per heavy atom. The third kappa shape index (κ3) is 3.45. The van der Waals surface area contributed by atoms with E-state index < -0.39 is 4.92 Å². The van der Waals surface area contributed by atoms with Gasteiger partial charge in [0.2, 0.25) is 0 Å². The number of nitro benzene ring substituents is 1. The maximum absolute atomic E-state index is 10.9. The summed E-state index contributed by atoms with van der Waals surface area (Å²) in [5.74, 6) is 0.160. The Morgan fingerprint density at radius 2 is 2.00 bits per heavy atom. The van der Waals surface area contributed by atoms with E-state index in [0.29, 0.717) is 5.02 Å². The van der Waals surface area contributed by atoms with Gasteiger partial charge in [-0.2, -0.15) is 0 Å². The van der Waals surface area contributed by atoms with Gasteiger partial charge in [0.05, 0.1) is 4.92 Å². The van der Waals surface area contributed by atoms with Gasteiger partial charge in [0, 0.05) is 27.2 Å². The van der Waals surface area contributed by atoms with Crippen molar-refractivity contribution in [3.63, 3.8) is 0 Å². The second-order valence-corrected chi connectivity index (χ2v) is 5.04. The van der Waals surface area contributed by atoms with Crippen LogP contribution in [0.4, 0.5) is 5.69 Å². The molecule has 0 radical (unpaired) electrons. The summed E-state index contributed by atoms with van der Waals surface area (Å²) in [6, 6.07) is 11.7. The minimum absolute atomic E-state index is 0.101. The summed E-state index contributed by atoms with van der Waals surface area (Å²) >= 11 is 9.21. The van der Waals surface area contributed by atoms with Gasteiger partial charge in [0.25, 0.3) is 0 Å². The van der Waals surface area contributed by atoms with Gasteiger partial charge in [-0.25, -0.2) is 0 Å². The van der Waals surface area contributed by atoms with Crippen LogP contribution in [-0.2, 0) is 6.61 Å². The molecule has 19 heavy (non-hydrogen) atoms. The Morgan fingerprint density at radius 3 is 2.68 bits per heavy atom. The van der Waals surface area contributed by atoms with E-state index in [4.69, 9.17) is 16.3 Å². The highest BCUT2D eigenvalue weighted by molar-refractivity contribution is 9.10. The summed E-state index contributed by atoms with van der Waals surface area (Å²) in [5, 5.41) is 11.3. The summed E-state index contributed by atoms with van der Waals surface area (Å²) < 4.78 is 6.38. The van der Waals surface area contributed by atoms with Gasteiger partial charge in [-0.05, 0) is 12.1 Å². The first kappa shape index (κ1) is 13.8. The minimum Gasteiger partial charge on any atom is -0.482 e. The number of hydrogen-bond acceptors (Lipinski definition) is 3. The molecule has 0 saturated carbocycles. The van der Waals surface area contributed by atoms with Crippen molar-refractivity contribution in [3.8, 4) is 5.75 Å². The van der Waals surface area contributed by atoms with Crippen molar-refractivity contribution in [3.05, 3.63) is 67.6 Å². The summed E-state index contributed by atoms with van der Waals surface area (Å²) in [7, 11) is 0. The molecule has 0 aliphatic carbocycles. The van der Waals surface area contributed by atoms with Crippen LogP contribution in [0, 0.1) is 10.1 Å². The maximum Gasteiger partial charge on any atom is 0.311 e. The molecule has 2 aromatic carbocycles. The standard InChI is InChI=1S/C13H9BrClNO3/c14-11-4-2-1-3-9(11)8-19-13-7-10(15)5-6-12(13)16(17)18/h1-7H,8H2. The SMILES string of the molecule is O=[N+]([O-])c1ccc(Cl)cc1OCc1ccccc1Br. The summed E-state index contributed by atoms with van der Waals surface area (Å²) in [6.45, 7) is 0.225. The first-order chi connectivity index (χ1) is 9.08. The van der Waals surface area contributed by atoms with Crippen LogP contribution >= 0.6 is 27.5 Å². The fourth-order valence-electron chi connectivity index (χ4n) is 1.53. The molecule has 0 aromatic heterocycles. The molecule has 0 spiro atoms. The second kappa shape index (κ2) is 6.04. The quantitative estimate of drug-likeness (QED) is 0.603. The molecule has 0 heterocycles. The number of nitrogens with zero attached hydrogens (tertiary/aromatic N) is 1. The Kier molecular flexibility index (Phi) is 4.39. The number of benzene rings is 2. The van der Waals surface area contributed by atoms with Gasteiger partial charge >= 0.3 is 5.69 Å². The lowest BCUT2D eigenvalue weighted by molar-refractivity contribution is -0.385. The predicted molar refractivity (Wildman–Crippen MR) is 76.6 cm³/mol. The fraction of sp³-hybridized carbons (Fsp3) is 0.0769. The maximum atomic E-state index is 10.9. The van der Waals surface area contributed by atoms with Crippen molar-refractivity contribution in [2.24, 2.45) is 0 Å². The van der Waals surface area contributed by atoms with Crippen molar-refractivity contribution >= 4 is 33.2 Å². The number of hydrogen-bond donors (Lipinski definition) is 0. The van der Waals surface area contributed by atoms with Crippen molar-refractivity contribution in [2.75, 3.05) is 0 Å². The van der Waals surface area contributed by atoms with Crippen molar-refractivity contribution in [1.29, 1.82) is 0 Å². The molecule has 0 bridgehead atoms. The molecule has 0 aliphatic heterocycles. The minimum atomic E-state index is -0.494. The van der Waals surface area contributed by atoms with E-state index in [0.717, 1.165) is 10.0 Å². The molecule has 6 heteroatoms. The molecule has 2 aromatic rings. The zero-order valence-electron chi connectivity index (χ0n) is 9.68. The Balaban J connectivity index is 2.22. The molecule has 0 atom stereocenters. The number of nitro groups is 1. The molecule has 0 unspecified atom stereocenters. The van der Waals surface area contributed by atoms with Gasteiger partial charge in [-0.1, -0.05) is 45.7 Å². The zero-order chi connectivity index (χ0) is 13.8. The molecular formula is C13H9BrClNO3. The third-order valence-corrected chi connectivity index (χ3v) is 3.47. The zero-order valence-corrected chi connectivity index (χ0v) is 12.0. The molecule has 0 saturated heterocycles. The first-order valence-electron chi connectivity index (χ1n) is 5.38. The second-order valence-electron chi connectivity index (χ2n) is 3.75. The van der Waals surface area contributed by atoms with Gasteiger partial charge in [0.15, 0.2) is 5.75 Å². The third-order valence-electron chi connectivity index (χ3n) is 2.46. The van der Waals surface area contributed by atoms with Gasteiger partial charge in [-0.3, -0.25) is 10.1 Å². The van der Waals surface area contributed by atoms with Crippen LogP contribution in [0.15, 0.2) is 46.9 Å². The van der Waals surface area contributed by atoms with E-state index in [-0.39, 0.29) is 18.0 Å². The summed E-state index contributed by atoms with van der Waals surface area (Å²) in [5.41, 5.74) is 0.799. The Labute approximate surface area is 123 Å². The highest BCUT2D eigenvalue weighted by Gasteiger charge is 2.15. The van der Waals surface area contributed by atoms with E-state index >= 15 is 0 Å². The molecule has 0 fully saturated rings. The number of ether oxygens (including phenoxy) is 1. The Bertz CT molecular complexity index is 619. The lowest BCUT2D eigenvalue weighted by atomic mass is 10.2. The predicted octanol–water partition coefficient (Wildman–Crippen LogP) is 4.59. The van der Waals surface area contributed by atoms with Gasteiger partial charge in [0.1, 0.15) is 6.61 Å². The molecule has 0 aliphatic rings. The fourth-order valence-corrected chi connectivity index (χ4v) is 2.09. The van der Waals surface area contributed by atoms with Crippen LogP contribution in [0.2, 0.25) is 5.02 Å². The van der Waals surface area contributed by atoms with Crippen LogP contribution in [-0.4, -0.2) is 4.92 Å². The van der Waals surface area contributed by atoms with E-state index in [9.17, 15) is 10.1 Å². The molecule has 98 valence electrons. The van der Waals surface area contributed by atoms with E-state index in [1.165, 1.54) is 18.2 Å². The van der Waals surface area contributed by atoms with Crippen LogP contribution in [0.25, 0.3) is 0 Å². The first-order valence-corrected chi connectivity index (χ1v) is 6.55. The number of rotatable bonds is 4. The van der Waals surface area contributed by atoms with Gasteiger partial charge < -0.3 is 4.74 Å². The molecule has 2 rings (SSSR count). The molecule has 0 amide bonds. The topological polar surface area (TPSA) is 52.4 Å². The lowest BCUT2D eigenvalue weighted by Gasteiger charge is -2.08. The Hall–Kier alpha value is -1.59. The van der Waals surface area contributed by atoms with Crippen LogP contribution in [0.5, 0.6) is 5.75 Å². The largest absolute Gasteiger partial charge is 0.482 e. The van der Waals surface area contributed by atoms with E-state index in [2.05, 4.69) is 15.9 Å². The highest BCUT2D eigenvalue weighted by atomic mass is 79.9. The van der Waals surface area contributed by atoms with E-state index in [1.54, 1.807) is 0 Å². The number of halogens is 2. The normalized spacial score (nSPS) is 10.2.